The number of likely N-dealkylation sites (tertiary alicyclic amines) is 1. The van der Waals surface area contributed by atoms with Crippen molar-refractivity contribution in [2.45, 2.75) is 25.2 Å². The number of hydrogen-bond donors (Lipinski definition) is 1. The zero-order valence-electron chi connectivity index (χ0n) is 15.3. The molecule has 148 valence electrons. The Hall–Kier alpha value is -2.87. The van der Waals surface area contributed by atoms with Crippen LogP contribution in [-0.4, -0.2) is 36.9 Å². The summed E-state index contributed by atoms with van der Waals surface area (Å²) in [5.74, 6) is -1.02. The first kappa shape index (κ1) is 18.5. The van der Waals surface area contributed by atoms with Gasteiger partial charge in [0, 0.05) is 37.6 Å². The molecule has 2 aliphatic rings. The van der Waals surface area contributed by atoms with Gasteiger partial charge in [-0.25, -0.2) is 13.6 Å². The molecule has 0 unspecified atom stereocenters. The van der Waals surface area contributed by atoms with Crippen LogP contribution in [0.3, 0.4) is 0 Å². The third-order valence-corrected chi connectivity index (χ3v) is 5.04. The minimum absolute atomic E-state index is 0.0597. The number of amides is 2. The minimum atomic E-state index is -0.820. The van der Waals surface area contributed by atoms with Crippen molar-refractivity contribution in [3.05, 3.63) is 53.6 Å². The molecule has 0 aromatic heterocycles. The summed E-state index contributed by atoms with van der Waals surface area (Å²) in [6.45, 7) is 1.15. The molecule has 2 aromatic rings. The highest BCUT2D eigenvalue weighted by atomic mass is 19.1. The average molecular weight is 390 g/mol. The third-order valence-electron chi connectivity index (χ3n) is 5.04. The van der Waals surface area contributed by atoms with Crippen LogP contribution in [0.5, 0.6) is 11.5 Å². The molecule has 1 N–H and O–H groups in total. The van der Waals surface area contributed by atoms with E-state index >= 15 is 0 Å². The minimum Gasteiger partial charge on any atom is -0.493 e. The molecule has 0 saturated carbocycles. The zero-order valence-corrected chi connectivity index (χ0v) is 15.3. The van der Waals surface area contributed by atoms with Gasteiger partial charge in [0.05, 0.1) is 19.4 Å². The Kier molecular flexibility index (Phi) is 4.80. The van der Waals surface area contributed by atoms with Gasteiger partial charge in [0.1, 0.15) is 11.6 Å². The number of carbonyl (C=O) groups excluding carboxylic acids is 1. The van der Waals surface area contributed by atoms with Crippen molar-refractivity contribution < 1.29 is 27.8 Å². The Morgan fingerprint density at radius 2 is 2.00 bits per heavy atom. The number of piperidine rings is 1. The summed E-state index contributed by atoms with van der Waals surface area (Å²) < 4.78 is 44.3. The summed E-state index contributed by atoms with van der Waals surface area (Å²) in [5, 5.41) is 2.48. The molecular formula is C20H20F2N2O4. The van der Waals surface area contributed by atoms with Crippen molar-refractivity contribution in [2.75, 3.05) is 25.5 Å². The van der Waals surface area contributed by atoms with Crippen LogP contribution in [0.1, 0.15) is 18.4 Å². The van der Waals surface area contributed by atoms with E-state index in [0.29, 0.717) is 44.0 Å². The standard InChI is InChI=1S/C20H20F2N2O4/c1-26-17-4-2-3-13-12-27-20(28-18(13)17)7-9-24(10-8-20)19(25)23-16-6-5-14(21)11-15(16)22/h2-6,11H,7-10,12H2,1H3,(H,23,25). The smallest absolute Gasteiger partial charge is 0.321 e. The largest absolute Gasteiger partial charge is 0.493 e. The van der Waals surface area contributed by atoms with E-state index in [1.165, 1.54) is 6.07 Å². The van der Waals surface area contributed by atoms with Gasteiger partial charge in [-0.05, 0) is 18.2 Å². The van der Waals surface area contributed by atoms with Gasteiger partial charge in [-0.15, -0.1) is 0 Å². The maximum Gasteiger partial charge on any atom is 0.321 e. The molecule has 2 amide bonds. The number of nitrogens with one attached hydrogen (secondary N) is 1. The molecule has 0 radical (unpaired) electrons. The Bertz CT molecular complexity index is 884. The highest BCUT2D eigenvalue weighted by Gasteiger charge is 2.42. The number of benzene rings is 2. The van der Waals surface area contributed by atoms with Gasteiger partial charge in [-0.2, -0.15) is 0 Å². The second kappa shape index (κ2) is 7.27. The van der Waals surface area contributed by atoms with Crippen molar-refractivity contribution in [3.63, 3.8) is 0 Å². The first-order valence-electron chi connectivity index (χ1n) is 8.99. The predicted molar refractivity (Wildman–Crippen MR) is 97.3 cm³/mol. The summed E-state index contributed by atoms with van der Waals surface area (Å²) in [5.41, 5.74) is 0.854. The molecule has 2 aliphatic heterocycles. The fourth-order valence-electron chi connectivity index (χ4n) is 3.46. The van der Waals surface area contributed by atoms with Gasteiger partial charge in [0.25, 0.3) is 0 Å². The number of urea groups is 1. The van der Waals surface area contributed by atoms with Crippen LogP contribution >= 0.6 is 0 Å². The molecule has 2 aromatic carbocycles. The first-order valence-corrected chi connectivity index (χ1v) is 8.99. The quantitative estimate of drug-likeness (QED) is 0.845. The molecule has 0 bridgehead atoms. The fraction of sp³-hybridized carbons (Fsp3) is 0.350. The summed E-state index contributed by atoms with van der Waals surface area (Å²) in [7, 11) is 1.59. The van der Waals surface area contributed by atoms with Gasteiger partial charge >= 0.3 is 6.03 Å². The maximum atomic E-state index is 13.8. The molecule has 0 atom stereocenters. The van der Waals surface area contributed by atoms with Gasteiger partial charge < -0.3 is 24.4 Å². The topological polar surface area (TPSA) is 60.0 Å². The fourth-order valence-corrected chi connectivity index (χ4v) is 3.46. The number of fused-ring (bicyclic) bond motifs is 1. The molecule has 1 spiro atoms. The molecular weight excluding hydrogens is 370 g/mol. The maximum absolute atomic E-state index is 13.8. The van der Waals surface area contributed by atoms with Crippen molar-refractivity contribution >= 4 is 11.7 Å². The van der Waals surface area contributed by atoms with Crippen molar-refractivity contribution in [2.24, 2.45) is 0 Å². The summed E-state index contributed by atoms with van der Waals surface area (Å²) in [6.07, 6.45) is 0.924. The number of nitrogens with zero attached hydrogens (tertiary/aromatic N) is 1. The normalized spacial score (nSPS) is 17.6. The van der Waals surface area contributed by atoms with Crippen LogP contribution in [0, 0.1) is 11.6 Å². The number of carbonyl (C=O) groups is 1. The van der Waals surface area contributed by atoms with Gasteiger partial charge in [0.15, 0.2) is 11.5 Å². The molecule has 6 nitrogen and oxygen atoms in total. The van der Waals surface area contributed by atoms with Crippen LogP contribution in [0.25, 0.3) is 0 Å². The number of para-hydroxylation sites is 1. The van der Waals surface area contributed by atoms with E-state index < -0.39 is 23.5 Å². The van der Waals surface area contributed by atoms with E-state index in [9.17, 15) is 13.6 Å². The van der Waals surface area contributed by atoms with E-state index in [1.807, 2.05) is 18.2 Å². The lowest BCUT2D eigenvalue weighted by Crippen LogP contribution is -2.53. The third kappa shape index (κ3) is 3.47. The Labute approximate surface area is 161 Å². The number of methoxy groups -OCH3 is 1. The lowest BCUT2D eigenvalue weighted by atomic mass is 10.0. The van der Waals surface area contributed by atoms with Gasteiger partial charge in [0.2, 0.25) is 5.79 Å². The van der Waals surface area contributed by atoms with E-state index in [2.05, 4.69) is 5.32 Å². The molecule has 28 heavy (non-hydrogen) atoms. The van der Waals surface area contributed by atoms with Crippen LogP contribution in [-0.2, 0) is 11.3 Å². The highest BCUT2D eigenvalue weighted by molar-refractivity contribution is 5.89. The summed E-state index contributed by atoms with van der Waals surface area (Å²) in [6, 6.07) is 8.21. The number of hydrogen-bond acceptors (Lipinski definition) is 4. The highest BCUT2D eigenvalue weighted by Crippen LogP contribution is 2.42. The number of halogens is 2. The predicted octanol–water partition coefficient (Wildman–Crippen LogP) is 3.91. The van der Waals surface area contributed by atoms with Crippen LogP contribution in [0.15, 0.2) is 36.4 Å². The molecule has 2 heterocycles. The van der Waals surface area contributed by atoms with E-state index in [1.54, 1.807) is 12.0 Å². The lowest BCUT2D eigenvalue weighted by molar-refractivity contribution is -0.225. The first-order chi connectivity index (χ1) is 13.5. The molecule has 0 aliphatic carbocycles. The monoisotopic (exact) mass is 390 g/mol. The van der Waals surface area contributed by atoms with Crippen molar-refractivity contribution in [3.8, 4) is 11.5 Å². The van der Waals surface area contributed by atoms with E-state index in [0.717, 1.165) is 17.7 Å². The number of anilines is 1. The van der Waals surface area contributed by atoms with Gasteiger partial charge in [-0.3, -0.25) is 0 Å². The zero-order chi connectivity index (χ0) is 19.7. The molecule has 1 saturated heterocycles. The summed E-state index contributed by atoms with van der Waals surface area (Å²) in [4.78, 5) is 14.0. The molecule has 8 heteroatoms. The number of rotatable bonds is 2. The second-order valence-electron chi connectivity index (χ2n) is 6.79. The Morgan fingerprint density at radius 1 is 1.21 bits per heavy atom. The van der Waals surface area contributed by atoms with E-state index in [-0.39, 0.29) is 5.69 Å². The SMILES string of the molecule is COc1cccc2c1OC1(CCN(C(=O)Nc3ccc(F)cc3F)CC1)OC2. The van der Waals surface area contributed by atoms with Gasteiger partial charge in [-0.1, -0.05) is 12.1 Å². The Morgan fingerprint density at radius 3 is 2.71 bits per heavy atom. The second-order valence-corrected chi connectivity index (χ2v) is 6.79. The van der Waals surface area contributed by atoms with Crippen LogP contribution in [0.4, 0.5) is 19.3 Å². The van der Waals surface area contributed by atoms with Crippen LogP contribution < -0.4 is 14.8 Å². The van der Waals surface area contributed by atoms with Crippen molar-refractivity contribution in [1.82, 2.24) is 4.90 Å². The van der Waals surface area contributed by atoms with Crippen molar-refractivity contribution in [1.29, 1.82) is 0 Å². The lowest BCUT2D eigenvalue weighted by Gasteiger charge is -2.44. The van der Waals surface area contributed by atoms with Crippen LogP contribution in [0.2, 0.25) is 0 Å². The Balaban J connectivity index is 1.41. The summed E-state index contributed by atoms with van der Waals surface area (Å²) >= 11 is 0. The number of ether oxygens (including phenoxy) is 3. The molecule has 1 fully saturated rings. The van der Waals surface area contributed by atoms with E-state index in [4.69, 9.17) is 14.2 Å². The average Bonchev–Trinajstić information content (AvgIpc) is 2.70. The molecule has 4 rings (SSSR count).